The second-order valence-electron chi connectivity index (χ2n) is 15.5. The highest BCUT2D eigenvalue weighted by atomic mass is 16.7. The Balaban J connectivity index is 3.93. The van der Waals surface area contributed by atoms with Crippen molar-refractivity contribution in [1.29, 1.82) is 0 Å². The quantitative estimate of drug-likeness (QED) is 0.0283. The lowest BCUT2D eigenvalue weighted by Crippen LogP contribution is -2.29. The highest BCUT2D eigenvalue weighted by Crippen LogP contribution is 2.13. The summed E-state index contributed by atoms with van der Waals surface area (Å²) < 4.78 is 22.9. The Morgan fingerprint density at radius 3 is 1.49 bits per heavy atom. The second kappa shape index (κ2) is 45.0. The molecule has 8 heteroatoms. The third-order valence-corrected chi connectivity index (χ3v) is 10.2. The average Bonchev–Trinajstić information content (AvgIpc) is 3.18. The molecule has 0 fully saturated rings. The first kappa shape index (κ1) is 53.3. The van der Waals surface area contributed by atoms with Gasteiger partial charge >= 0.3 is 11.9 Å². The van der Waals surface area contributed by atoms with Crippen molar-refractivity contribution in [2.45, 2.75) is 226 Å². The fourth-order valence-corrected chi connectivity index (χ4v) is 6.61. The number of ether oxygens (including phenoxy) is 4. The van der Waals surface area contributed by atoms with Crippen LogP contribution < -0.4 is 0 Å². The van der Waals surface area contributed by atoms with Gasteiger partial charge in [0.05, 0.1) is 19.8 Å². The summed E-state index contributed by atoms with van der Waals surface area (Å²) in [5.41, 5.74) is 0. The van der Waals surface area contributed by atoms with Crippen LogP contribution in [-0.4, -0.2) is 80.9 Å². The lowest BCUT2D eigenvalue weighted by molar-refractivity contribution is -0.145. The van der Waals surface area contributed by atoms with Crippen molar-refractivity contribution in [3.05, 3.63) is 0 Å². The molecule has 55 heavy (non-hydrogen) atoms. The van der Waals surface area contributed by atoms with E-state index in [0.717, 1.165) is 122 Å². The van der Waals surface area contributed by atoms with Gasteiger partial charge < -0.3 is 29.0 Å². The molecule has 0 aliphatic heterocycles. The largest absolute Gasteiger partial charge is 0.466 e. The van der Waals surface area contributed by atoms with E-state index in [1.807, 2.05) is 0 Å². The van der Waals surface area contributed by atoms with Crippen molar-refractivity contribution >= 4 is 11.9 Å². The molecule has 0 aliphatic carbocycles. The third-order valence-electron chi connectivity index (χ3n) is 10.2. The topological polar surface area (TPSA) is 94.5 Å². The summed E-state index contributed by atoms with van der Waals surface area (Å²) >= 11 is 0. The number of nitrogens with zero attached hydrogens (tertiary/aromatic N) is 1. The van der Waals surface area contributed by atoms with E-state index in [9.17, 15) is 14.7 Å². The van der Waals surface area contributed by atoms with Gasteiger partial charge in [-0.05, 0) is 77.3 Å². The number of hydrogen-bond donors (Lipinski definition) is 1. The number of esters is 2. The number of hydrogen-bond acceptors (Lipinski definition) is 8. The molecular formula is C47H89NO7. The van der Waals surface area contributed by atoms with E-state index in [-0.39, 0.29) is 24.8 Å². The Kier molecular flexibility index (Phi) is 43.7. The van der Waals surface area contributed by atoms with E-state index in [1.54, 1.807) is 0 Å². The maximum atomic E-state index is 12.3. The van der Waals surface area contributed by atoms with Crippen LogP contribution in [-0.2, 0) is 28.5 Å². The Hall–Kier alpha value is -1.66. The Bertz CT molecular complexity index is 873. The Morgan fingerprint density at radius 1 is 0.491 bits per heavy atom. The van der Waals surface area contributed by atoms with Gasteiger partial charge in [0.1, 0.15) is 6.61 Å². The highest BCUT2D eigenvalue weighted by Gasteiger charge is 2.11. The van der Waals surface area contributed by atoms with E-state index in [1.165, 1.54) is 77.0 Å². The van der Waals surface area contributed by atoms with E-state index < -0.39 is 0 Å². The van der Waals surface area contributed by atoms with Crippen molar-refractivity contribution in [3.63, 3.8) is 0 Å². The zero-order valence-electron chi connectivity index (χ0n) is 36.5. The van der Waals surface area contributed by atoms with Crippen LogP contribution in [0.2, 0.25) is 0 Å². The first-order chi connectivity index (χ1) is 27.1. The minimum absolute atomic E-state index is 0.0429. The molecule has 0 saturated carbocycles. The summed E-state index contributed by atoms with van der Waals surface area (Å²) in [6.07, 6.45) is 33.1. The van der Waals surface area contributed by atoms with Gasteiger partial charge in [-0.1, -0.05) is 142 Å². The number of carbonyl (C=O) groups is 2. The van der Waals surface area contributed by atoms with Crippen LogP contribution >= 0.6 is 0 Å². The smallest absolute Gasteiger partial charge is 0.305 e. The minimum Gasteiger partial charge on any atom is -0.466 e. The van der Waals surface area contributed by atoms with Crippen LogP contribution in [0.5, 0.6) is 0 Å². The Morgan fingerprint density at radius 2 is 0.945 bits per heavy atom. The van der Waals surface area contributed by atoms with Crippen LogP contribution in [0.25, 0.3) is 0 Å². The molecule has 0 rings (SSSR count). The number of aliphatic hydroxyl groups excluding tert-OH is 1. The summed E-state index contributed by atoms with van der Waals surface area (Å²) in [5, 5.41) is 9.52. The normalized spacial score (nSPS) is 11.8. The van der Waals surface area contributed by atoms with Gasteiger partial charge in [-0.25, -0.2) is 0 Å². The van der Waals surface area contributed by atoms with Gasteiger partial charge in [-0.2, -0.15) is 0 Å². The lowest BCUT2D eigenvalue weighted by Gasteiger charge is -2.21. The molecule has 0 aromatic rings. The van der Waals surface area contributed by atoms with Crippen LogP contribution in [0.15, 0.2) is 0 Å². The van der Waals surface area contributed by atoms with Gasteiger partial charge in [-0.3, -0.25) is 9.59 Å². The maximum absolute atomic E-state index is 12.3. The number of unbranched alkanes of at least 4 members (excludes halogenated alkanes) is 22. The second-order valence-corrected chi connectivity index (χ2v) is 15.5. The molecule has 0 spiro atoms. The molecule has 324 valence electrons. The predicted octanol–water partition coefficient (Wildman–Crippen LogP) is 11.9. The summed E-state index contributed by atoms with van der Waals surface area (Å²) in [4.78, 5) is 26.7. The SMILES string of the molecule is CCCCCCC#CCOC(CCCCC(=O)OCCCCCCN(CCO)CCCCCCCC(=O)OCCCCCCCCC)OCCCCCCC. The van der Waals surface area contributed by atoms with Gasteiger partial charge in [-0.15, -0.1) is 5.92 Å². The van der Waals surface area contributed by atoms with Crippen LogP contribution in [0, 0.1) is 11.8 Å². The summed E-state index contributed by atoms with van der Waals surface area (Å²) in [6.45, 7) is 11.8. The number of rotatable bonds is 43. The van der Waals surface area contributed by atoms with Crippen LogP contribution in [0.4, 0.5) is 0 Å². The third kappa shape index (κ3) is 41.8. The molecule has 0 heterocycles. The van der Waals surface area contributed by atoms with Crippen LogP contribution in [0.1, 0.15) is 220 Å². The van der Waals surface area contributed by atoms with E-state index in [4.69, 9.17) is 18.9 Å². The van der Waals surface area contributed by atoms with Crippen molar-refractivity contribution in [1.82, 2.24) is 4.90 Å². The average molecular weight is 780 g/mol. The molecule has 0 aromatic heterocycles. The summed E-state index contributed by atoms with van der Waals surface area (Å²) in [5.74, 6) is 6.22. The maximum Gasteiger partial charge on any atom is 0.305 e. The number of aliphatic hydroxyl groups is 1. The fourth-order valence-electron chi connectivity index (χ4n) is 6.61. The van der Waals surface area contributed by atoms with E-state index in [0.29, 0.717) is 45.8 Å². The zero-order valence-corrected chi connectivity index (χ0v) is 36.5. The molecular weight excluding hydrogens is 691 g/mol. The van der Waals surface area contributed by atoms with E-state index in [2.05, 4.69) is 37.5 Å². The minimum atomic E-state index is -0.261. The van der Waals surface area contributed by atoms with Gasteiger partial charge in [0.2, 0.25) is 0 Å². The molecule has 0 radical (unpaired) electrons. The monoisotopic (exact) mass is 780 g/mol. The lowest BCUT2D eigenvalue weighted by atomic mass is 10.1. The first-order valence-electron chi connectivity index (χ1n) is 23.4. The Labute approximate surface area is 340 Å². The molecule has 0 amide bonds. The number of carbonyl (C=O) groups excluding carboxylic acids is 2. The van der Waals surface area contributed by atoms with Crippen molar-refractivity contribution in [3.8, 4) is 11.8 Å². The molecule has 1 atom stereocenters. The molecule has 0 saturated heterocycles. The summed E-state index contributed by atoms with van der Waals surface area (Å²) in [6, 6.07) is 0. The fraction of sp³-hybridized carbons (Fsp3) is 0.915. The molecule has 0 bridgehead atoms. The van der Waals surface area contributed by atoms with Crippen LogP contribution in [0.3, 0.4) is 0 Å². The standard InChI is InChI=1S/C47H89NO7/c1-4-7-10-13-15-22-30-41-52-45(50)34-25-18-17-19-28-37-48(39-40-49)38-29-20-24-31-42-53-46(51)35-26-27-36-47(54-43-32-21-12-9-6-3)55-44-33-23-16-14-11-8-5-2/h47,49H,4-22,24-32,34-44H2,1-3H3. The zero-order chi connectivity index (χ0) is 40.1. The van der Waals surface area contributed by atoms with Gasteiger partial charge in [0, 0.05) is 32.4 Å². The van der Waals surface area contributed by atoms with E-state index >= 15 is 0 Å². The van der Waals surface area contributed by atoms with Gasteiger partial charge in [0.15, 0.2) is 6.29 Å². The molecule has 0 aromatic carbocycles. The molecule has 1 unspecified atom stereocenters. The molecule has 1 N–H and O–H groups in total. The van der Waals surface area contributed by atoms with Crippen molar-refractivity contribution in [2.75, 3.05) is 52.7 Å². The van der Waals surface area contributed by atoms with Crippen molar-refractivity contribution in [2.24, 2.45) is 0 Å². The van der Waals surface area contributed by atoms with Gasteiger partial charge in [0.25, 0.3) is 0 Å². The highest BCUT2D eigenvalue weighted by molar-refractivity contribution is 5.69. The summed E-state index contributed by atoms with van der Waals surface area (Å²) in [7, 11) is 0. The molecule has 8 nitrogen and oxygen atoms in total. The first-order valence-corrected chi connectivity index (χ1v) is 23.4. The van der Waals surface area contributed by atoms with Crippen molar-refractivity contribution < 1.29 is 33.6 Å². The molecule has 0 aliphatic rings. The predicted molar refractivity (Wildman–Crippen MR) is 229 cm³/mol.